The molecule has 0 saturated carbocycles. The van der Waals surface area contributed by atoms with Gasteiger partial charge >= 0.3 is 0 Å². The van der Waals surface area contributed by atoms with Crippen LogP contribution >= 0.6 is 0 Å². The van der Waals surface area contributed by atoms with Crippen LogP contribution in [-0.2, 0) is 11.3 Å². The number of carbonyl (C=O) groups excluding carboxylic acids is 1. The Morgan fingerprint density at radius 1 is 1.50 bits per heavy atom. The monoisotopic (exact) mass is 251 g/mol. The zero-order valence-electron chi connectivity index (χ0n) is 11.2. The van der Waals surface area contributed by atoms with E-state index in [1.807, 2.05) is 4.90 Å². The second-order valence-electron chi connectivity index (χ2n) is 5.41. The summed E-state index contributed by atoms with van der Waals surface area (Å²) >= 11 is 0. The molecule has 0 spiro atoms. The van der Waals surface area contributed by atoms with Gasteiger partial charge in [-0.1, -0.05) is 13.8 Å². The van der Waals surface area contributed by atoms with E-state index in [-0.39, 0.29) is 24.4 Å². The number of anilines is 1. The van der Waals surface area contributed by atoms with E-state index in [2.05, 4.69) is 30.9 Å². The molecule has 2 rings (SSSR count). The van der Waals surface area contributed by atoms with E-state index in [4.69, 9.17) is 5.73 Å². The van der Waals surface area contributed by atoms with Crippen molar-refractivity contribution in [3.8, 4) is 0 Å². The van der Waals surface area contributed by atoms with Gasteiger partial charge in [-0.3, -0.25) is 4.79 Å². The molecule has 100 valence electrons. The van der Waals surface area contributed by atoms with E-state index < -0.39 is 0 Å². The van der Waals surface area contributed by atoms with Crippen molar-refractivity contribution < 1.29 is 4.79 Å². The van der Waals surface area contributed by atoms with Gasteiger partial charge in [-0.15, -0.1) is 5.10 Å². The van der Waals surface area contributed by atoms with E-state index in [0.717, 1.165) is 6.54 Å². The topological polar surface area (TPSA) is 77.0 Å². The summed E-state index contributed by atoms with van der Waals surface area (Å²) in [4.78, 5) is 18.1. The standard InChI is InChI=1S/C12H21N5O/c1-8-4-9(2)10(3)17(5-8)11(18)6-16-7-14-12(13)15-16/h7-10H,4-6H2,1-3H3,(H2,13,15). The molecule has 6 nitrogen and oxygen atoms in total. The molecule has 1 aromatic rings. The maximum Gasteiger partial charge on any atom is 0.244 e. The molecule has 0 aromatic carbocycles. The average Bonchev–Trinajstić information content (AvgIpc) is 2.69. The van der Waals surface area contributed by atoms with Crippen molar-refractivity contribution in [1.29, 1.82) is 0 Å². The first-order valence-corrected chi connectivity index (χ1v) is 6.41. The Hall–Kier alpha value is -1.59. The van der Waals surface area contributed by atoms with Gasteiger partial charge in [0.1, 0.15) is 12.9 Å². The maximum atomic E-state index is 12.3. The fourth-order valence-electron chi connectivity index (χ4n) is 2.66. The molecule has 0 bridgehead atoms. The van der Waals surface area contributed by atoms with E-state index >= 15 is 0 Å². The molecule has 1 aliphatic rings. The third-order valence-corrected chi connectivity index (χ3v) is 3.77. The predicted octanol–water partition coefficient (Wildman–Crippen LogP) is 0.753. The molecule has 3 unspecified atom stereocenters. The second kappa shape index (κ2) is 4.96. The molecule has 2 N–H and O–H groups in total. The molecule has 1 amide bonds. The number of nitrogens with two attached hydrogens (primary N) is 1. The Morgan fingerprint density at radius 2 is 2.22 bits per heavy atom. The zero-order chi connectivity index (χ0) is 13.3. The minimum absolute atomic E-state index is 0.0887. The number of likely N-dealkylation sites (tertiary alicyclic amines) is 1. The van der Waals surface area contributed by atoms with Crippen molar-refractivity contribution in [1.82, 2.24) is 19.7 Å². The minimum Gasteiger partial charge on any atom is -0.367 e. The van der Waals surface area contributed by atoms with Crippen LogP contribution in [0, 0.1) is 11.8 Å². The lowest BCUT2D eigenvalue weighted by Gasteiger charge is -2.41. The van der Waals surface area contributed by atoms with Crippen LogP contribution in [0.4, 0.5) is 5.95 Å². The van der Waals surface area contributed by atoms with Crippen LogP contribution in [0.25, 0.3) is 0 Å². The molecule has 3 atom stereocenters. The van der Waals surface area contributed by atoms with Gasteiger partial charge in [0.15, 0.2) is 0 Å². The highest BCUT2D eigenvalue weighted by Crippen LogP contribution is 2.26. The Balaban J connectivity index is 2.03. The summed E-state index contributed by atoms with van der Waals surface area (Å²) in [5.74, 6) is 1.39. The molecule has 1 aromatic heterocycles. The Bertz CT molecular complexity index is 430. The van der Waals surface area contributed by atoms with Crippen LogP contribution in [0.2, 0.25) is 0 Å². The lowest BCUT2D eigenvalue weighted by atomic mass is 9.86. The van der Waals surface area contributed by atoms with Gasteiger partial charge in [-0.2, -0.15) is 0 Å². The molecule has 2 heterocycles. The van der Waals surface area contributed by atoms with E-state index in [0.29, 0.717) is 11.8 Å². The summed E-state index contributed by atoms with van der Waals surface area (Å²) in [5, 5.41) is 3.94. The Morgan fingerprint density at radius 3 is 2.83 bits per heavy atom. The van der Waals surface area contributed by atoms with Crippen LogP contribution in [0.1, 0.15) is 27.2 Å². The van der Waals surface area contributed by atoms with Crippen molar-refractivity contribution in [3.63, 3.8) is 0 Å². The van der Waals surface area contributed by atoms with Gasteiger partial charge in [0.2, 0.25) is 11.9 Å². The molecular formula is C12H21N5O. The Kier molecular flexibility index (Phi) is 3.54. The fourth-order valence-corrected chi connectivity index (χ4v) is 2.66. The van der Waals surface area contributed by atoms with Crippen LogP contribution in [0.5, 0.6) is 0 Å². The number of hydrogen-bond acceptors (Lipinski definition) is 4. The van der Waals surface area contributed by atoms with Gasteiger partial charge in [0, 0.05) is 12.6 Å². The van der Waals surface area contributed by atoms with Crippen LogP contribution in [-0.4, -0.2) is 38.2 Å². The molecule has 0 aliphatic carbocycles. The first-order valence-electron chi connectivity index (χ1n) is 6.41. The summed E-state index contributed by atoms with van der Waals surface area (Å²) < 4.78 is 1.49. The normalized spacial score (nSPS) is 28.4. The van der Waals surface area contributed by atoms with E-state index in [1.54, 1.807) is 0 Å². The van der Waals surface area contributed by atoms with Crippen LogP contribution in [0.3, 0.4) is 0 Å². The number of amides is 1. The molecule has 1 aliphatic heterocycles. The first-order chi connectivity index (χ1) is 8.47. The number of nitrogens with zero attached hydrogens (tertiary/aromatic N) is 4. The van der Waals surface area contributed by atoms with E-state index in [9.17, 15) is 4.79 Å². The number of carbonyl (C=O) groups is 1. The molecule has 0 radical (unpaired) electrons. The number of aromatic nitrogens is 3. The third kappa shape index (κ3) is 2.63. The number of hydrogen-bond donors (Lipinski definition) is 1. The van der Waals surface area contributed by atoms with Gasteiger partial charge in [0.25, 0.3) is 0 Å². The maximum absolute atomic E-state index is 12.3. The number of nitrogen functional groups attached to an aromatic ring is 1. The molecule has 1 fully saturated rings. The van der Waals surface area contributed by atoms with Crippen molar-refractivity contribution in [2.24, 2.45) is 11.8 Å². The van der Waals surface area contributed by atoms with Crippen LogP contribution < -0.4 is 5.73 Å². The van der Waals surface area contributed by atoms with Crippen LogP contribution in [0.15, 0.2) is 6.33 Å². The molecule has 6 heteroatoms. The van der Waals surface area contributed by atoms with E-state index in [1.165, 1.54) is 17.4 Å². The highest BCUT2D eigenvalue weighted by atomic mass is 16.2. The van der Waals surface area contributed by atoms with Crippen molar-refractivity contribution in [3.05, 3.63) is 6.33 Å². The van der Waals surface area contributed by atoms with Gasteiger partial charge in [-0.05, 0) is 25.2 Å². The van der Waals surface area contributed by atoms with Gasteiger partial charge in [0.05, 0.1) is 0 Å². The predicted molar refractivity (Wildman–Crippen MR) is 68.6 cm³/mol. The lowest BCUT2D eigenvalue weighted by Crippen LogP contribution is -2.49. The third-order valence-electron chi connectivity index (χ3n) is 3.77. The highest BCUT2D eigenvalue weighted by Gasteiger charge is 2.31. The quantitative estimate of drug-likeness (QED) is 0.841. The second-order valence-corrected chi connectivity index (χ2v) is 5.41. The highest BCUT2D eigenvalue weighted by molar-refractivity contribution is 5.76. The fraction of sp³-hybridized carbons (Fsp3) is 0.750. The van der Waals surface area contributed by atoms with Gasteiger partial charge < -0.3 is 10.6 Å². The summed E-state index contributed by atoms with van der Waals surface area (Å²) in [7, 11) is 0. The summed E-state index contributed by atoms with van der Waals surface area (Å²) in [6, 6.07) is 0.287. The SMILES string of the molecule is CC1CC(C)C(C)N(C(=O)Cn2cnc(N)n2)C1. The Labute approximate surface area is 107 Å². The number of piperidine rings is 1. The first kappa shape index (κ1) is 12.9. The molecule has 18 heavy (non-hydrogen) atoms. The molecule has 1 saturated heterocycles. The lowest BCUT2D eigenvalue weighted by molar-refractivity contribution is -0.137. The van der Waals surface area contributed by atoms with Gasteiger partial charge in [-0.25, -0.2) is 9.67 Å². The smallest absolute Gasteiger partial charge is 0.244 e. The van der Waals surface area contributed by atoms with Crippen molar-refractivity contribution in [2.75, 3.05) is 12.3 Å². The zero-order valence-corrected chi connectivity index (χ0v) is 11.2. The van der Waals surface area contributed by atoms with Crippen molar-refractivity contribution >= 4 is 11.9 Å². The molecular weight excluding hydrogens is 230 g/mol. The average molecular weight is 251 g/mol. The summed E-state index contributed by atoms with van der Waals surface area (Å²) in [6.45, 7) is 7.55. The minimum atomic E-state index is 0.0887. The largest absolute Gasteiger partial charge is 0.367 e. The van der Waals surface area contributed by atoms with Crippen molar-refractivity contribution in [2.45, 2.75) is 39.8 Å². The summed E-state index contributed by atoms with van der Waals surface area (Å²) in [5.41, 5.74) is 5.44. The summed E-state index contributed by atoms with van der Waals surface area (Å²) in [6.07, 6.45) is 2.68. The number of rotatable bonds is 2.